The Morgan fingerprint density at radius 1 is 1.38 bits per heavy atom. The fourth-order valence-corrected chi connectivity index (χ4v) is 3.54. The Morgan fingerprint density at radius 2 is 2.24 bits per heavy atom. The molecule has 1 saturated heterocycles. The number of ether oxygens (including phenoxy) is 2. The number of morpholine rings is 1. The Bertz CT molecular complexity index is 451. The van der Waals surface area contributed by atoms with Gasteiger partial charge in [-0.2, -0.15) is 0 Å². The van der Waals surface area contributed by atoms with Crippen molar-refractivity contribution in [1.29, 1.82) is 0 Å². The van der Waals surface area contributed by atoms with E-state index in [1.165, 1.54) is 18.4 Å². The Hall–Kier alpha value is -1.23. The van der Waals surface area contributed by atoms with Crippen LogP contribution in [0.4, 0.5) is 0 Å². The first-order valence-electron chi connectivity index (χ1n) is 7.81. The number of hydrogen-bond acceptors (Lipinski definition) is 4. The standard InChI is InChI=1S/C17H24N2O2/c1-2-10-20-13-15-3-4-16-17(15)21-11-9-19(16)12-14-5-7-18-8-6-14/h2,5-8,15-17H,1,3-4,9-13H2/t15-,16+,17-/m0/s1. The van der Waals surface area contributed by atoms with Crippen LogP contribution in [-0.2, 0) is 16.0 Å². The van der Waals surface area contributed by atoms with Gasteiger partial charge in [-0.25, -0.2) is 0 Å². The third-order valence-corrected chi connectivity index (χ3v) is 4.54. The molecule has 0 amide bonds. The van der Waals surface area contributed by atoms with E-state index >= 15 is 0 Å². The van der Waals surface area contributed by atoms with Crippen LogP contribution in [0.1, 0.15) is 18.4 Å². The highest BCUT2D eigenvalue weighted by atomic mass is 16.5. The van der Waals surface area contributed by atoms with E-state index in [0.717, 1.165) is 26.3 Å². The summed E-state index contributed by atoms with van der Waals surface area (Å²) in [6.45, 7) is 7.95. The number of hydrogen-bond donors (Lipinski definition) is 0. The van der Waals surface area contributed by atoms with Gasteiger partial charge in [0.1, 0.15) is 0 Å². The molecule has 0 N–H and O–H groups in total. The second-order valence-corrected chi connectivity index (χ2v) is 5.89. The van der Waals surface area contributed by atoms with E-state index in [9.17, 15) is 0 Å². The highest BCUT2D eigenvalue weighted by molar-refractivity contribution is 5.10. The molecule has 1 aromatic rings. The zero-order valence-electron chi connectivity index (χ0n) is 12.5. The fraction of sp³-hybridized carbons (Fsp3) is 0.588. The summed E-state index contributed by atoms with van der Waals surface area (Å²) >= 11 is 0. The van der Waals surface area contributed by atoms with Crippen LogP contribution in [0, 0.1) is 5.92 Å². The van der Waals surface area contributed by atoms with Gasteiger partial charge in [0, 0.05) is 37.4 Å². The van der Waals surface area contributed by atoms with Gasteiger partial charge in [-0.15, -0.1) is 6.58 Å². The van der Waals surface area contributed by atoms with Crippen LogP contribution >= 0.6 is 0 Å². The Kier molecular flexibility index (Phi) is 5.01. The molecule has 0 spiro atoms. The summed E-state index contributed by atoms with van der Waals surface area (Å²) in [5.41, 5.74) is 1.33. The molecule has 2 fully saturated rings. The molecule has 1 aliphatic carbocycles. The van der Waals surface area contributed by atoms with E-state index in [0.29, 0.717) is 24.7 Å². The SMILES string of the molecule is C=CCOC[C@@H]1CC[C@@H]2[C@H]1OCCN2Cc1ccncc1. The maximum Gasteiger partial charge on any atom is 0.0781 e. The predicted molar refractivity (Wildman–Crippen MR) is 81.9 cm³/mol. The number of fused-ring (bicyclic) bond motifs is 1. The molecule has 3 rings (SSSR count). The Labute approximate surface area is 126 Å². The van der Waals surface area contributed by atoms with Gasteiger partial charge in [0.25, 0.3) is 0 Å². The number of nitrogens with zero attached hydrogens (tertiary/aromatic N) is 2. The lowest BCUT2D eigenvalue weighted by atomic mass is 10.0. The second-order valence-electron chi connectivity index (χ2n) is 5.89. The lowest BCUT2D eigenvalue weighted by Gasteiger charge is -2.39. The third-order valence-electron chi connectivity index (χ3n) is 4.54. The van der Waals surface area contributed by atoms with Crippen LogP contribution in [0.2, 0.25) is 0 Å². The zero-order chi connectivity index (χ0) is 14.5. The van der Waals surface area contributed by atoms with E-state index in [-0.39, 0.29) is 0 Å². The van der Waals surface area contributed by atoms with E-state index < -0.39 is 0 Å². The minimum atomic E-state index is 0.324. The quantitative estimate of drug-likeness (QED) is 0.594. The average Bonchev–Trinajstić information content (AvgIpc) is 2.93. The largest absolute Gasteiger partial charge is 0.377 e. The summed E-state index contributed by atoms with van der Waals surface area (Å²) in [5.74, 6) is 0.523. The molecule has 2 aliphatic rings. The summed E-state index contributed by atoms with van der Waals surface area (Å²) in [6.07, 6.45) is 8.27. The van der Waals surface area contributed by atoms with Crippen molar-refractivity contribution in [1.82, 2.24) is 9.88 Å². The minimum absolute atomic E-state index is 0.324. The summed E-state index contributed by atoms with van der Waals surface area (Å²) < 4.78 is 11.7. The normalized spacial score (nSPS) is 29.2. The lowest BCUT2D eigenvalue weighted by Crippen LogP contribution is -2.50. The molecule has 21 heavy (non-hydrogen) atoms. The molecular weight excluding hydrogens is 264 g/mol. The van der Waals surface area contributed by atoms with Crippen LogP contribution in [0.15, 0.2) is 37.2 Å². The number of pyridine rings is 1. The van der Waals surface area contributed by atoms with Crippen LogP contribution in [0.3, 0.4) is 0 Å². The highest BCUT2D eigenvalue weighted by Gasteiger charge is 2.42. The molecule has 2 heterocycles. The molecule has 0 unspecified atom stereocenters. The van der Waals surface area contributed by atoms with Crippen molar-refractivity contribution in [2.24, 2.45) is 5.92 Å². The number of rotatable bonds is 6. The maximum atomic E-state index is 6.05. The monoisotopic (exact) mass is 288 g/mol. The van der Waals surface area contributed by atoms with Gasteiger partial charge < -0.3 is 9.47 Å². The summed E-state index contributed by atoms with van der Waals surface area (Å²) in [6, 6.07) is 4.73. The fourth-order valence-electron chi connectivity index (χ4n) is 3.54. The van der Waals surface area contributed by atoms with Crippen molar-refractivity contribution in [3.8, 4) is 0 Å². The molecule has 1 saturated carbocycles. The zero-order valence-corrected chi connectivity index (χ0v) is 12.5. The van der Waals surface area contributed by atoms with Gasteiger partial charge in [0.05, 0.1) is 25.9 Å². The van der Waals surface area contributed by atoms with Gasteiger partial charge in [0.15, 0.2) is 0 Å². The van der Waals surface area contributed by atoms with E-state index in [1.54, 1.807) is 0 Å². The molecule has 0 radical (unpaired) electrons. The molecule has 4 heteroatoms. The molecule has 3 atom stereocenters. The smallest absolute Gasteiger partial charge is 0.0781 e. The average molecular weight is 288 g/mol. The van der Waals surface area contributed by atoms with E-state index in [2.05, 4.69) is 28.6 Å². The second kappa shape index (κ2) is 7.16. The molecule has 0 bridgehead atoms. The molecule has 114 valence electrons. The maximum absolute atomic E-state index is 6.05. The van der Waals surface area contributed by atoms with Crippen molar-refractivity contribution >= 4 is 0 Å². The Balaban J connectivity index is 1.59. The predicted octanol–water partition coefficient (Wildman–Crippen LogP) is 2.26. The minimum Gasteiger partial charge on any atom is -0.377 e. The van der Waals surface area contributed by atoms with Gasteiger partial charge in [-0.05, 0) is 30.5 Å². The first-order chi connectivity index (χ1) is 10.4. The topological polar surface area (TPSA) is 34.6 Å². The summed E-state index contributed by atoms with van der Waals surface area (Å²) in [7, 11) is 0. The van der Waals surface area contributed by atoms with Gasteiger partial charge in [-0.1, -0.05) is 6.08 Å². The van der Waals surface area contributed by atoms with Gasteiger partial charge in [-0.3, -0.25) is 9.88 Å². The van der Waals surface area contributed by atoms with Gasteiger partial charge >= 0.3 is 0 Å². The van der Waals surface area contributed by atoms with E-state index in [4.69, 9.17) is 9.47 Å². The van der Waals surface area contributed by atoms with E-state index in [1.807, 2.05) is 18.5 Å². The highest BCUT2D eigenvalue weighted by Crippen LogP contribution is 2.35. The van der Waals surface area contributed by atoms with Crippen molar-refractivity contribution in [2.45, 2.75) is 31.5 Å². The van der Waals surface area contributed by atoms with Crippen molar-refractivity contribution in [3.05, 3.63) is 42.7 Å². The third kappa shape index (κ3) is 3.51. The van der Waals surface area contributed by atoms with Gasteiger partial charge in [0.2, 0.25) is 0 Å². The first-order valence-corrected chi connectivity index (χ1v) is 7.81. The molecular formula is C17H24N2O2. The van der Waals surface area contributed by atoms with Crippen LogP contribution in [-0.4, -0.2) is 48.4 Å². The molecule has 1 aromatic heterocycles. The Morgan fingerprint density at radius 3 is 3.05 bits per heavy atom. The lowest BCUT2D eigenvalue weighted by molar-refractivity contribution is -0.0869. The first kappa shape index (κ1) is 14.7. The van der Waals surface area contributed by atoms with Crippen molar-refractivity contribution in [2.75, 3.05) is 26.4 Å². The number of aromatic nitrogens is 1. The molecule has 1 aliphatic heterocycles. The van der Waals surface area contributed by atoms with Crippen LogP contribution < -0.4 is 0 Å². The van der Waals surface area contributed by atoms with Crippen molar-refractivity contribution < 1.29 is 9.47 Å². The van der Waals surface area contributed by atoms with Crippen LogP contribution in [0.5, 0.6) is 0 Å². The molecule has 4 nitrogen and oxygen atoms in total. The van der Waals surface area contributed by atoms with Crippen LogP contribution in [0.25, 0.3) is 0 Å². The molecule has 0 aromatic carbocycles. The summed E-state index contributed by atoms with van der Waals surface area (Å²) in [5, 5.41) is 0. The summed E-state index contributed by atoms with van der Waals surface area (Å²) in [4.78, 5) is 6.66. The van der Waals surface area contributed by atoms with Crippen molar-refractivity contribution in [3.63, 3.8) is 0 Å².